The molecule has 14 heavy (non-hydrogen) atoms. The lowest BCUT2D eigenvalue weighted by Gasteiger charge is -2.04. The van der Waals surface area contributed by atoms with Crippen LogP contribution in [0.5, 0.6) is 5.75 Å². The molecule has 1 N–H and O–H groups in total. The molecule has 1 rings (SSSR count). The molecule has 3 heteroatoms. The third-order valence-electron chi connectivity index (χ3n) is 1.49. The van der Waals surface area contributed by atoms with E-state index in [2.05, 4.69) is 0 Å². The fourth-order valence-electron chi connectivity index (χ4n) is 0.842. The van der Waals surface area contributed by atoms with Crippen molar-refractivity contribution in [1.29, 1.82) is 0 Å². The van der Waals surface area contributed by atoms with Gasteiger partial charge in [-0.25, -0.2) is 0 Å². The van der Waals surface area contributed by atoms with E-state index >= 15 is 0 Å². The van der Waals surface area contributed by atoms with Crippen LogP contribution in [0.25, 0.3) is 0 Å². The van der Waals surface area contributed by atoms with Crippen molar-refractivity contribution in [3.05, 3.63) is 29.8 Å². The Morgan fingerprint density at radius 2 is 1.79 bits per heavy atom. The Bertz CT molecular complexity index is 223. The first-order valence-electron chi connectivity index (χ1n) is 4.86. The molecule has 0 amide bonds. The van der Waals surface area contributed by atoms with Gasteiger partial charge in [0.15, 0.2) is 0 Å². The van der Waals surface area contributed by atoms with E-state index < -0.39 is 0 Å². The lowest BCUT2D eigenvalue weighted by Crippen LogP contribution is -2.12. The summed E-state index contributed by atoms with van der Waals surface area (Å²) in [7, 11) is 0. The Hall–Kier alpha value is -1.09. The summed E-state index contributed by atoms with van der Waals surface area (Å²) in [5.74, 6) is 0.774. The summed E-state index contributed by atoms with van der Waals surface area (Å²) in [5.41, 5.74) is 2.71. The first-order chi connectivity index (χ1) is 6.83. The lowest BCUT2D eigenvalue weighted by molar-refractivity contribution is 0.254. The van der Waals surface area contributed by atoms with Crippen LogP contribution in [-0.4, -0.2) is 13.2 Å². The van der Waals surface area contributed by atoms with Crippen molar-refractivity contribution in [3.63, 3.8) is 0 Å². The van der Waals surface area contributed by atoms with E-state index in [1.165, 1.54) is 11.1 Å². The maximum absolute atomic E-state index is 11.4. The van der Waals surface area contributed by atoms with E-state index in [0.717, 1.165) is 5.75 Å². The molecule has 0 saturated heterocycles. The minimum absolute atomic E-state index is 0.216. The van der Waals surface area contributed by atoms with Gasteiger partial charge in [0.2, 0.25) is 0 Å². The number of hydrogen-bond donors (Lipinski definition) is 1. The van der Waals surface area contributed by atoms with E-state index in [1.54, 1.807) is 0 Å². The number of rotatable bonds is 4. The van der Waals surface area contributed by atoms with E-state index in [9.17, 15) is 4.48 Å². The second-order valence-electron chi connectivity index (χ2n) is 2.55. The highest BCUT2D eigenvalue weighted by Crippen LogP contribution is 2.10. The van der Waals surface area contributed by atoms with E-state index in [1.807, 2.05) is 45.0 Å². The van der Waals surface area contributed by atoms with Gasteiger partial charge in [-0.05, 0) is 19.1 Å². The SMILES string of the molecule is CC.Cc1ccc(OCCNF)cc1. The Morgan fingerprint density at radius 1 is 1.21 bits per heavy atom. The average Bonchev–Trinajstić information content (AvgIpc) is 2.24. The number of hydrogen-bond acceptors (Lipinski definition) is 2. The van der Waals surface area contributed by atoms with Crippen LogP contribution >= 0.6 is 0 Å². The van der Waals surface area contributed by atoms with Gasteiger partial charge < -0.3 is 4.74 Å². The Kier molecular flexibility index (Phi) is 7.84. The normalized spacial score (nSPS) is 8.86. The fourth-order valence-corrected chi connectivity index (χ4v) is 0.842. The highest BCUT2D eigenvalue weighted by molar-refractivity contribution is 5.26. The quantitative estimate of drug-likeness (QED) is 0.594. The van der Waals surface area contributed by atoms with E-state index in [-0.39, 0.29) is 6.54 Å². The number of aryl methyl sites for hydroxylation is 1. The van der Waals surface area contributed by atoms with Crippen LogP contribution in [-0.2, 0) is 0 Å². The summed E-state index contributed by atoms with van der Waals surface area (Å²) in [5, 5.41) is 0. The second-order valence-corrected chi connectivity index (χ2v) is 2.55. The second kappa shape index (κ2) is 8.51. The molecule has 0 unspecified atom stereocenters. The molecular weight excluding hydrogens is 181 g/mol. The van der Waals surface area contributed by atoms with Crippen LogP contribution in [0.2, 0.25) is 0 Å². The van der Waals surface area contributed by atoms with Crippen LogP contribution in [0.1, 0.15) is 19.4 Å². The first kappa shape index (κ1) is 12.9. The van der Waals surface area contributed by atoms with Gasteiger partial charge in [0.1, 0.15) is 12.4 Å². The number of benzene rings is 1. The molecule has 0 spiro atoms. The zero-order valence-electron chi connectivity index (χ0n) is 9.01. The monoisotopic (exact) mass is 199 g/mol. The Labute approximate surface area is 85.0 Å². The smallest absolute Gasteiger partial charge is 0.119 e. The van der Waals surface area contributed by atoms with Crippen molar-refractivity contribution in [2.75, 3.05) is 13.2 Å². The van der Waals surface area contributed by atoms with Crippen molar-refractivity contribution < 1.29 is 9.22 Å². The largest absolute Gasteiger partial charge is 0.492 e. The maximum atomic E-state index is 11.4. The van der Waals surface area contributed by atoms with Crippen molar-refractivity contribution in [1.82, 2.24) is 5.54 Å². The van der Waals surface area contributed by atoms with Crippen molar-refractivity contribution in [3.8, 4) is 5.75 Å². The topological polar surface area (TPSA) is 21.3 Å². The number of nitrogens with one attached hydrogen (secondary N) is 1. The van der Waals surface area contributed by atoms with Gasteiger partial charge in [0, 0.05) is 0 Å². The minimum Gasteiger partial charge on any atom is -0.492 e. The molecule has 2 nitrogen and oxygen atoms in total. The molecule has 80 valence electrons. The lowest BCUT2D eigenvalue weighted by atomic mass is 10.2. The van der Waals surface area contributed by atoms with Gasteiger partial charge in [-0.3, -0.25) is 0 Å². The van der Waals surface area contributed by atoms with Crippen LogP contribution < -0.4 is 10.3 Å². The fraction of sp³-hybridized carbons (Fsp3) is 0.455. The number of halogens is 1. The third-order valence-corrected chi connectivity index (χ3v) is 1.49. The molecular formula is C11H18FNO. The zero-order valence-corrected chi connectivity index (χ0v) is 9.01. The van der Waals surface area contributed by atoms with Crippen LogP contribution in [0.15, 0.2) is 24.3 Å². The minimum atomic E-state index is 0.216. The highest BCUT2D eigenvalue weighted by Gasteiger charge is 1.91. The van der Waals surface area contributed by atoms with Gasteiger partial charge in [-0.1, -0.05) is 31.5 Å². The van der Waals surface area contributed by atoms with Gasteiger partial charge >= 0.3 is 0 Å². The summed E-state index contributed by atoms with van der Waals surface area (Å²) < 4.78 is 16.6. The summed E-state index contributed by atoms with van der Waals surface area (Å²) in [6.45, 7) is 6.57. The van der Waals surface area contributed by atoms with Crippen LogP contribution in [0, 0.1) is 6.92 Å². The predicted octanol–water partition coefficient (Wildman–Crippen LogP) is 2.87. The van der Waals surface area contributed by atoms with Gasteiger partial charge in [-0.15, -0.1) is 4.48 Å². The Morgan fingerprint density at radius 3 is 2.29 bits per heavy atom. The molecule has 0 saturated carbocycles. The number of ether oxygens (including phenoxy) is 1. The first-order valence-corrected chi connectivity index (χ1v) is 4.86. The van der Waals surface area contributed by atoms with Crippen LogP contribution in [0.3, 0.4) is 0 Å². The summed E-state index contributed by atoms with van der Waals surface area (Å²) >= 11 is 0. The van der Waals surface area contributed by atoms with Gasteiger partial charge in [0.25, 0.3) is 0 Å². The molecule has 0 atom stereocenters. The van der Waals surface area contributed by atoms with Gasteiger partial charge in [0.05, 0.1) is 6.54 Å². The zero-order chi connectivity index (χ0) is 10.8. The molecule has 0 aliphatic carbocycles. The van der Waals surface area contributed by atoms with Crippen molar-refractivity contribution >= 4 is 0 Å². The molecule has 1 aromatic rings. The molecule has 0 aromatic heterocycles. The molecule has 0 heterocycles. The average molecular weight is 199 g/mol. The maximum Gasteiger partial charge on any atom is 0.119 e. The van der Waals surface area contributed by atoms with E-state index in [4.69, 9.17) is 4.74 Å². The summed E-state index contributed by atoms with van der Waals surface area (Å²) in [4.78, 5) is 0. The molecule has 1 aromatic carbocycles. The highest BCUT2D eigenvalue weighted by atomic mass is 19.2. The van der Waals surface area contributed by atoms with E-state index in [0.29, 0.717) is 6.61 Å². The Balaban J connectivity index is 0.000000791. The molecule has 0 bridgehead atoms. The summed E-state index contributed by atoms with van der Waals surface area (Å²) in [6, 6.07) is 7.65. The van der Waals surface area contributed by atoms with Gasteiger partial charge in [-0.2, -0.15) is 5.54 Å². The van der Waals surface area contributed by atoms with Crippen LogP contribution in [0.4, 0.5) is 4.48 Å². The molecule has 0 aliphatic rings. The standard InChI is InChI=1S/C9H12FNO.C2H6/c1-8-2-4-9(5-3-8)12-7-6-11-10;1-2/h2-5,11H,6-7H2,1H3;1-2H3. The summed E-state index contributed by atoms with van der Waals surface area (Å²) in [6.07, 6.45) is 0. The predicted molar refractivity (Wildman–Crippen MR) is 57.1 cm³/mol. The third kappa shape index (κ3) is 5.54. The molecule has 0 fully saturated rings. The van der Waals surface area contributed by atoms with Crippen molar-refractivity contribution in [2.24, 2.45) is 0 Å². The van der Waals surface area contributed by atoms with Crippen molar-refractivity contribution in [2.45, 2.75) is 20.8 Å². The molecule has 0 radical (unpaired) electrons. The molecule has 0 aliphatic heterocycles.